The van der Waals surface area contributed by atoms with Gasteiger partial charge in [0, 0.05) is 24.8 Å². The number of hydrogen-bond acceptors (Lipinski definition) is 3. The predicted molar refractivity (Wildman–Crippen MR) is 91.4 cm³/mol. The molecule has 0 unspecified atom stereocenters. The van der Waals surface area contributed by atoms with Gasteiger partial charge in [0.2, 0.25) is 5.95 Å². The van der Waals surface area contributed by atoms with Crippen molar-refractivity contribution in [3.63, 3.8) is 0 Å². The first-order chi connectivity index (χ1) is 10.9. The van der Waals surface area contributed by atoms with Gasteiger partial charge in [-0.05, 0) is 37.1 Å². The molecule has 2 heterocycles. The molecule has 2 N–H and O–H groups in total. The largest absolute Gasteiger partial charge is 0.382 e. The number of imidazole rings is 1. The SMILES string of the molecule is c1ccc(NC2CCN(c3nc4ccccc4[nH]3)CC2)cc1. The first-order valence-corrected chi connectivity index (χ1v) is 7.90. The van der Waals surface area contributed by atoms with E-state index in [9.17, 15) is 0 Å². The molecule has 1 aromatic heterocycles. The van der Waals surface area contributed by atoms with Crippen LogP contribution in [-0.2, 0) is 0 Å². The van der Waals surface area contributed by atoms with Crippen molar-refractivity contribution in [1.82, 2.24) is 9.97 Å². The standard InChI is InChI=1S/C18H20N4/c1-2-6-14(7-3-1)19-15-10-12-22(13-11-15)18-20-16-8-4-5-9-17(16)21-18/h1-9,15,19H,10-13H2,(H,20,21). The lowest BCUT2D eigenvalue weighted by molar-refractivity contribution is 0.521. The van der Waals surface area contributed by atoms with Gasteiger partial charge in [-0.25, -0.2) is 4.98 Å². The van der Waals surface area contributed by atoms with Gasteiger partial charge in [0.05, 0.1) is 11.0 Å². The highest BCUT2D eigenvalue weighted by atomic mass is 15.3. The molecule has 3 aromatic rings. The summed E-state index contributed by atoms with van der Waals surface area (Å²) in [5, 5.41) is 3.62. The summed E-state index contributed by atoms with van der Waals surface area (Å²) >= 11 is 0. The van der Waals surface area contributed by atoms with Gasteiger partial charge in [-0.3, -0.25) is 0 Å². The summed E-state index contributed by atoms with van der Waals surface area (Å²) in [6.45, 7) is 2.06. The second kappa shape index (κ2) is 5.72. The third-order valence-corrected chi connectivity index (χ3v) is 4.32. The molecule has 0 saturated carbocycles. The van der Waals surface area contributed by atoms with Gasteiger partial charge in [-0.2, -0.15) is 0 Å². The molecule has 1 saturated heterocycles. The van der Waals surface area contributed by atoms with Crippen molar-refractivity contribution in [1.29, 1.82) is 0 Å². The Labute approximate surface area is 130 Å². The number of para-hydroxylation sites is 3. The third kappa shape index (κ3) is 2.64. The Balaban J connectivity index is 1.41. The van der Waals surface area contributed by atoms with Crippen molar-refractivity contribution in [2.75, 3.05) is 23.3 Å². The van der Waals surface area contributed by atoms with E-state index in [1.165, 1.54) is 5.69 Å². The van der Waals surface area contributed by atoms with E-state index in [0.29, 0.717) is 6.04 Å². The fraction of sp³-hybridized carbons (Fsp3) is 0.278. The van der Waals surface area contributed by atoms with Crippen LogP contribution >= 0.6 is 0 Å². The van der Waals surface area contributed by atoms with Crippen LogP contribution in [0.4, 0.5) is 11.6 Å². The molecule has 0 aliphatic carbocycles. The molecule has 0 radical (unpaired) electrons. The highest BCUT2D eigenvalue weighted by Gasteiger charge is 2.21. The molecule has 0 spiro atoms. The van der Waals surface area contributed by atoms with Crippen molar-refractivity contribution in [2.45, 2.75) is 18.9 Å². The molecule has 112 valence electrons. The summed E-state index contributed by atoms with van der Waals surface area (Å²) in [5.74, 6) is 0.999. The maximum Gasteiger partial charge on any atom is 0.203 e. The van der Waals surface area contributed by atoms with Crippen LogP contribution in [0.5, 0.6) is 0 Å². The summed E-state index contributed by atoms with van der Waals surface area (Å²) < 4.78 is 0. The van der Waals surface area contributed by atoms with Crippen molar-refractivity contribution in [2.24, 2.45) is 0 Å². The molecule has 0 amide bonds. The first kappa shape index (κ1) is 13.2. The average molecular weight is 292 g/mol. The Kier molecular flexibility index (Phi) is 3.43. The minimum atomic E-state index is 0.544. The Hall–Kier alpha value is -2.49. The van der Waals surface area contributed by atoms with Crippen LogP contribution in [-0.4, -0.2) is 29.1 Å². The number of piperidine rings is 1. The number of H-pyrrole nitrogens is 1. The van der Waals surface area contributed by atoms with Crippen LogP contribution in [0.15, 0.2) is 54.6 Å². The number of rotatable bonds is 3. The van der Waals surface area contributed by atoms with Crippen molar-refractivity contribution in [3.05, 3.63) is 54.6 Å². The van der Waals surface area contributed by atoms with E-state index in [0.717, 1.165) is 42.9 Å². The van der Waals surface area contributed by atoms with Crippen LogP contribution in [0.25, 0.3) is 11.0 Å². The third-order valence-electron chi connectivity index (χ3n) is 4.32. The van der Waals surface area contributed by atoms with Gasteiger partial charge in [0.15, 0.2) is 0 Å². The Morgan fingerprint density at radius 3 is 2.45 bits per heavy atom. The maximum absolute atomic E-state index is 4.70. The van der Waals surface area contributed by atoms with Crippen LogP contribution in [0, 0.1) is 0 Å². The van der Waals surface area contributed by atoms with Gasteiger partial charge in [0.25, 0.3) is 0 Å². The number of aromatic amines is 1. The lowest BCUT2D eigenvalue weighted by atomic mass is 10.0. The fourth-order valence-corrected chi connectivity index (χ4v) is 3.09. The molecule has 0 bridgehead atoms. The first-order valence-electron chi connectivity index (χ1n) is 7.90. The van der Waals surface area contributed by atoms with E-state index in [2.05, 4.69) is 57.7 Å². The fourth-order valence-electron chi connectivity index (χ4n) is 3.09. The van der Waals surface area contributed by atoms with Crippen molar-refractivity contribution < 1.29 is 0 Å². The van der Waals surface area contributed by atoms with E-state index in [1.54, 1.807) is 0 Å². The number of fused-ring (bicyclic) bond motifs is 1. The molecule has 2 aromatic carbocycles. The molecule has 4 nitrogen and oxygen atoms in total. The van der Waals surface area contributed by atoms with E-state index in [4.69, 9.17) is 4.98 Å². The quantitative estimate of drug-likeness (QED) is 0.774. The predicted octanol–water partition coefficient (Wildman–Crippen LogP) is 3.64. The van der Waals surface area contributed by atoms with Gasteiger partial charge >= 0.3 is 0 Å². The zero-order valence-corrected chi connectivity index (χ0v) is 12.5. The number of nitrogens with one attached hydrogen (secondary N) is 2. The monoisotopic (exact) mass is 292 g/mol. The zero-order valence-electron chi connectivity index (χ0n) is 12.5. The Morgan fingerprint density at radius 2 is 1.68 bits per heavy atom. The van der Waals surface area contributed by atoms with Gasteiger partial charge < -0.3 is 15.2 Å². The van der Waals surface area contributed by atoms with Gasteiger partial charge in [-0.15, -0.1) is 0 Å². The van der Waals surface area contributed by atoms with Crippen LogP contribution < -0.4 is 10.2 Å². The van der Waals surface area contributed by atoms with Crippen LogP contribution in [0.3, 0.4) is 0 Å². The second-order valence-corrected chi connectivity index (χ2v) is 5.85. The highest BCUT2D eigenvalue weighted by molar-refractivity contribution is 5.77. The summed E-state index contributed by atoms with van der Waals surface area (Å²) in [6.07, 6.45) is 2.26. The van der Waals surface area contributed by atoms with E-state index in [1.807, 2.05) is 12.1 Å². The number of anilines is 2. The Bertz CT molecular complexity index is 709. The Morgan fingerprint density at radius 1 is 0.955 bits per heavy atom. The smallest absolute Gasteiger partial charge is 0.203 e. The molecule has 1 aliphatic rings. The molecule has 1 aliphatic heterocycles. The average Bonchev–Trinajstić information content (AvgIpc) is 3.00. The molecule has 4 heteroatoms. The van der Waals surface area contributed by atoms with E-state index >= 15 is 0 Å². The summed E-state index contributed by atoms with van der Waals surface area (Å²) in [7, 11) is 0. The van der Waals surface area contributed by atoms with E-state index < -0.39 is 0 Å². The number of nitrogens with zero attached hydrogens (tertiary/aromatic N) is 2. The topological polar surface area (TPSA) is 44.0 Å². The van der Waals surface area contributed by atoms with Crippen molar-refractivity contribution in [3.8, 4) is 0 Å². The molecule has 22 heavy (non-hydrogen) atoms. The molecule has 4 rings (SSSR count). The molecular formula is C18H20N4. The van der Waals surface area contributed by atoms with Crippen LogP contribution in [0.2, 0.25) is 0 Å². The normalized spacial score (nSPS) is 16.1. The number of benzene rings is 2. The maximum atomic E-state index is 4.70. The van der Waals surface area contributed by atoms with Crippen LogP contribution in [0.1, 0.15) is 12.8 Å². The molecule has 1 fully saturated rings. The second-order valence-electron chi connectivity index (χ2n) is 5.85. The number of aromatic nitrogens is 2. The summed E-state index contributed by atoms with van der Waals surface area (Å²) in [4.78, 5) is 10.5. The van der Waals surface area contributed by atoms with E-state index in [-0.39, 0.29) is 0 Å². The molecular weight excluding hydrogens is 272 g/mol. The minimum absolute atomic E-state index is 0.544. The van der Waals surface area contributed by atoms with Gasteiger partial charge in [0.1, 0.15) is 0 Å². The summed E-state index contributed by atoms with van der Waals surface area (Å²) in [6, 6.07) is 19.2. The van der Waals surface area contributed by atoms with Crippen molar-refractivity contribution >= 4 is 22.7 Å². The lowest BCUT2D eigenvalue weighted by Crippen LogP contribution is -2.39. The minimum Gasteiger partial charge on any atom is -0.382 e. The zero-order chi connectivity index (χ0) is 14.8. The molecule has 0 atom stereocenters. The number of hydrogen-bond donors (Lipinski definition) is 2. The summed E-state index contributed by atoms with van der Waals surface area (Å²) in [5.41, 5.74) is 3.37. The lowest BCUT2D eigenvalue weighted by Gasteiger charge is -2.32. The van der Waals surface area contributed by atoms with Gasteiger partial charge in [-0.1, -0.05) is 30.3 Å². The highest BCUT2D eigenvalue weighted by Crippen LogP contribution is 2.22.